The van der Waals surface area contributed by atoms with Crippen molar-refractivity contribution in [2.75, 3.05) is 39.3 Å². The van der Waals surface area contributed by atoms with Crippen LogP contribution in [0.5, 0.6) is 0 Å². The minimum atomic E-state index is 0.236. The Hall–Kier alpha value is -0.610. The summed E-state index contributed by atoms with van der Waals surface area (Å²) in [6.07, 6.45) is 6.78. The summed E-state index contributed by atoms with van der Waals surface area (Å²) >= 11 is 0. The van der Waals surface area contributed by atoms with E-state index < -0.39 is 0 Å². The standard InChI is InChI=1S/C18H33N3O/c1-3-20-7-4-8-21(10-9-20)13-18(22)19-14(2)17-12-15-5-6-16(17)11-15/h14-17H,3-13H2,1-2H3,(H,19,22). The molecule has 0 aromatic heterocycles. The summed E-state index contributed by atoms with van der Waals surface area (Å²) in [6.45, 7) is 10.5. The zero-order valence-corrected chi connectivity index (χ0v) is 14.4. The highest BCUT2D eigenvalue weighted by molar-refractivity contribution is 5.78. The first-order chi connectivity index (χ1) is 10.7. The van der Waals surface area contributed by atoms with Gasteiger partial charge in [-0.1, -0.05) is 13.3 Å². The van der Waals surface area contributed by atoms with E-state index in [1.54, 1.807) is 0 Å². The van der Waals surface area contributed by atoms with Crippen LogP contribution < -0.4 is 5.32 Å². The van der Waals surface area contributed by atoms with Crippen LogP contribution in [0.1, 0.15) is 46.0 Å². The molecule has 1 aliphatic heterocycles. The van der Waals surface area contributed by atoms with Crippen LogP contribution in [0, 0.1) is 17.8 Å². The van der Waals surface area contributed by atoms with E-state index in [-0.39, 0.29) is 5.91 Å². The van der Waals surface area contributed by atoms with Crippen LogP contribution in [0.25, 0.3) is 0 Å². The first kappa shape index (κ1) is 16.3. The number of carbonyl (C=O) groups excluding carboxylic acids is 1. The van der Waals surface area contributed by atoms with Crippen molar-refractivity contribution in [2.45, 2.75) is 52.0 Å². The van der Waals surface area contributed by atoms with E-state index >= 15 is 0 Å². The lowest BCUT2D eigenvalue weighted by Crippen LogP contribution is -2.45. The van der Waals surface area contributed by atoms with Gasteiger partial charge in [0.2, 0.25) is 5.91 Å². The van der Waals surface area contributed by atoms with Gasteiger partial charge in [-0.15, -0.1) is 0 Å². The van der Waals surface area contributed by atoms with E-state index in [1.165, 1.54) is 38.6 Å². The summed E-state index contributed by atoms with van der Waals surface area (Å²) < 4.78 is 0. The molecule has 0 aromatic rings. The number of likely N-dealkylation sites (N-methyl/N-ethyl adjacent to an activating group) is 1. The Balaban J connectivity index is 1.42. The second-order valence-electron chi connectivity index (χ2n) is 7.76. The fourth-order valence-corrected chi connectivity index (χ4v) is 5.01. The summed E-state index contributed by atoms with van der Waals surface area (Å²) in [7, 11) is 0. The van der Waals surface area contributed by atoms with E-state index in [0.717, 1.165) is 43.9 Å². The van der Waals surface area contributed by atoms with Gasteiger partial charge in [-0.2, -0.15) is 0 Å². The third kappa shape index (κ3) is 3.83. The Morgan fingerprint density at radius 3 is 2.59 bits per heavy atom. The van der Waals surface area contributed by atoms with Crippen LogP contribution >= 0.6 is 0 Å². The highest BCUT2D eigenvalue weighted by Crippen LogP contribution is 2.49. The molecule has 1 N–H and O–H groups in total. The number of rotatable bonds is 5. The largest absolute Gasteiger partial charge is 0.352 e. The number of hydrogen-bond acceptors (Lipinski definition) is 3. The van der Waals surface area contributed by atoms with E-state index in [0.29, 0.717) is 12.6 Å². The SMILES string of the molecule is CCN1CCCN(CC(=O)NC(C)C2CC3CCC2C3)CC1. The van der Waals surface area contributed by atoms with Crippen molar-refractivity contribution in [1.29, 1.82) is 0 Å². The molecule has 3 fully saturated rings. The Morgan fingerprint density at radius 1 is 1.14 bits per heavy atom. The molecule has 4 unspecified atom stereocenters. The second-order valence-corrected chi connectivity index (χ2v) is 7.76. The molecule has 2 aliphatic carbocycles. The first-order valence-corrected chi connectivity index (χ1v) is 9.39. The van der Waals surface area contributed by atoms with Crippen LogP contribution in [-0.2, 0) is 4.79 Å². The second kappa shape index (κ2) is 7.31. The van der Waals surface area contributed by atoms with Gasteiger partial charge in [0.1, 0.15) is 0 Å². The van der Waals surface area contributed by atoms with Gasteiger partial charge in [-0.3, -0.25) is 9.69 Å². The van der Waals surface area contributed by atoms with Gasteiger partial charge >= 0.3 is 0 Å². The number of nitrogens with one attached hydrogen (secondary N) is 1. The van der Waals surface area contributed by atoms with E-state index in [2.05, 4.69) is 29.0 Å². The quantitative estimate of drug-likeness (QED) is 0.843. The van der Waals surface area contributed by atoms with Crippen LogP contribution in [0.3, 0.4) is 0 Å². The molecule has 126 valence electrons. The van der Waals surface area contributed by atoms with Crippen molar-refractivity contribution in [3.05, 3.63) is 0 Å². The van der Waals surface area contributed by atoms with E-state index in [4.69, 9.17) is 0 Å². The number of nitrogens with zero attached hydrogens (tertiary/aromatic N) is 2. The Bertz CT molecular complexity index is 387. The van der Waals surface area contributed by atoms with Crippen molar-refractivity contribution in [3.63, 3.8) is 0 Å². The lowest BCUT2D eigenvalue weighted by atomic mass is 9.84. The minimum Gasteiger partial charge on any atom is -0.352 e. The molecule has 2 saturated carbocycles. The Morgan fingerprint density at radius 2 is 1.91 bits per heavy atom. The highest BCUT2D eigenvalue weighted by atomic mass is 16.2. The number of hydrogen-bond donors (Lipinski definition) is 1. The maximum atomic E-state index is 12.4. The minimum absolute atomic E-state index is 0.236. The van der Waals surface area contributed by atoms with Crippen LogP contribution in [0.4, 0.5) is 0 Å². The van der Waals surface area contributed by atoms with Crippen LogP contribution in [0.2, 0.25) is 0 Å². The molecule has 0 aromatic carbocycles. The maximum absolute atomic E-state index is 12.4. The van der Waals surface area contributed by atoms with Crippen molar-refractivity contribution in [2.24, 2.45) is 17.8 Å². The number of fused-ring (bicyclic) bond motifs is 2. The van der Waals surface area contributed by atoms with Crippen LogP contribution in [-0.4, -0.2) is 61.0 Å². The summed E-state index contributed by atoms with van der Waals surface area (Å²) in [6, 6.07) is 0.363. The molecule has 1 heterocycles. The third-order valence-electron chi connectivity index (χ3n) is 6.32. The molecule has 4 nitrogen and oxygen atoms in total. The van der Waals surface area contributed by atoms with Crippen LogP contribution in [0.15, 0.2) is 0 Å². The van der Waals surface area contributed by atoms with Crippen molar-refractivity contribution < 1.29 is 4.79 Å². The highest BCUT2D eigenvalue weighted by Gasteiger charge is 2.42. The van der Waals surface area contributed by atoms with E-state index in [9.17, 15) is 4.79 Å². The third-order valence-corrected chi connectivity index (χ3v) is 6.32. The zero-order chi connectivity index (χ0) is 15.5. The van der Waals surface area contributed by atoms with E-state index in [1.807, 2.05) is 0 Å². The molecule has 4 heteroatoms. The zero-order valence-electron chi connectivity index (χ0n) is 14.4. The molecule has 4 atom stereocenters. The molecular formula is C18H33N3O. The molecule has 0 spiro atoms. The van der Waals surface area contributed by atoms with Gasteiger partial charge in [-0.05, 0) is 70.0 Å². The van der Waals surface area contributed by atoms with Gasteiger partial charge in [0.05, 0.1) is 6.54 Å². The molecular weight excluding hydrogens is 274 g/mol. The topological polar surface area (TPSA) is 35.6 Å². The molecule has 3 rings (SSSR count). The molecule has 1 amide bonds. The molecule has 2 bridgehead atoms. The van der Waals surface area contributed by atoms with Crippen molar-refractivity contribution in [1.82, 2.24) is 15.1 Å². The van der Waals surface area contributed by atoms with Gasteiger partial charge < -0.3 is 10.2 Å². The van der Waals surface area contributed by atoms with Crippen molar-refractivity contribution in [3.8, 4) is 0 Å². The first-order valence-electron chi connectivity index (χ1n) is 9.39. The number of carbonyl (C=O) groups is 1. The van der Waals surface area contributed by atoms with Gasteiger partial charge in [0.15, 0.2) is 0 Å². The predicted octanol–water partition coefficient (Wildman–Crippen LogP) is 1.95. The van der Waals surface area contributed by atoms with Gasteiger partial charge in [-0.25, -0.2) is 0 Å². The molecule has 1 saturated heterocycles. The lowest BCUT2D eigenvalue weighted by molar-refractivity contribution is -0.123. The monoisotopic (exact) mass is 307 g/mol. The Kier molecular flexibility index (Phi) is 5.40. The molecule has 0 radical (unpaired) electrons. The fourth-order valence-electron chi connectivity index (χ4n) is 5.01. The lowest BCUT2D eigenvalue weighted by Gasteiger charge is -2.29. The number of amides is 1. The van der Waals surface area contributed by atoms with Crippen molar-refractivity contribution >= 4 is 5.91 Å². The predicted molar refractivity (Wildman–Crippen MR) is 89.7 cm³/mol. The fraction of sp³-hybridized carbons (Fsp3) is 0.944. The molecule has 22 heavy (non-hydrogen) atoms. The maximum Gasteiger partial charge on any atom is 0.234 e. The summed E-state index contributed by atoms with van der Waals surface area (Å²) in [5.41, 5.74) is 0. The smallest absolute Gasteiger partial charge is 0.234 e. The summed E-state index contributed by atoms with van der Waals surface area (Å²) in [5, 5.41) is 3.31. The summed E-state index contributed by atoms with van der Waals surface area (Å²) in [5.74, 6) is 2.82. The average molecular weight is 307 g/mol. The van der Waals surface area contributed by atoms with Gasteiger partial charge in [0, 0.05) is 19.1 Å². The average Bonchev–Trinajstić information content (AvgIpc) is 3.06. The van der Waals surface area contributed by atoms with Gasteiger partial charge in [0.25, 0.3) is 0 Å². The molecule has 3 aliphatic rings. The Labute approximate surface area is 135 Å². The normalized spacial score (nSPS) is 34.5. The summed E-state index contributed by atoms with van der Waals surface area (Å²) in [4.78, 5) is 17.2.